The zero-order valence-electron chi connectivity index (χ0n) is 15.6. The minimum Gasteiger partial charge on any atom is -0.302 e. The first-order valence-electron chi connectivity index (χ1n) is 9.07. The van der Waals surface area contributed by atoms with Crippen molar-refractivity contribution in [1.82, 2.24) is 14.1 Å². The maximum Gasteiger partial charge on any atom is 0.329 e. The van der Waals surface area contributed by atoms with Crippen molar-refractivity contribution >= 4 is 44.7 Å². The molecule has 1 aromatic carbocycles. The van der Waals surface area contributed by atoms with Gasteiger partial charge in [-0.25, -0.2) is 9.78 Å². The number of nitrogens with one attached hydrogen (secondary N) is 1. The Morgan fingerprint density at radius 2 is 1.89 bits per heavy atom. The van der Waals surface area contributed by atoms with Gasteiger partial charge in [-0.15, -0.1) is 22.7 Å². The first kappa shape index (κ1) is 18.6. The Labute approximate surface area is 170 Å². The molecule has 4 rings (SSSR count). The number of aryl methyl sites for hydroxylation is 3. The van der Waals surface area contributed by atoms with Gasteiger partial charge in [0, 0.05) is 29.8 Å². The van der Waals surface area contributed by atoms with Crippen LogP contribution < -0.4 is 11.0 Å². The van der Waals surface area contributed by atoms with Crippen molar-refractivity contribution in [2.75, 3.05) is 5.32 Å². The maximum absolute atomic E-state index is 12.6. The lowest BCUT2D eigenvalue weighted by atomic mass is 10.3. The van der Waals surface area contributed by atoms with Gasteiger partial charge in [-0.1, -0.05) is 12.1 Å². The summed E-state index contributed by atoms with van der Waals surface area (Å²) in [6, 6.07) is 11.8. The predicted octanol–water partition coefficient (Wildman–Crippen LogP) is 4.35. The summed E-state index contributed by atoms with van der Waals surface area (Å²) < 4.78 is 3.39. The van der Waals surface area contributed by atoms with Crippen molar-refractivity contribution in [3.05, 3.63) is 57.1 Å². The molecule has 0 unspecified atom stereocenters. The van der Waals surface area contributed by atoms with Gasteiger partial charge in [-0.3, -0.25) is 13.9 Å². The molecule has 0 fully saturated rings. The molecule has 4 aromatic rings. The van der Waals surface area contributed by atoms with Crippen LogP contribution in [-0.4, -0.2) is 20.0 Å². The van der Waals surface area contributed by atoms with Gasteiger partial charge in [0.1, 0.15) is 0 Å². The number of aromatic nitrogens is 3. The van der Waals surface area contributed by atoms with Crippen LogP contribution in [0.2, 0.25) is 0 Å². The molecule has 28 heavy (non-hydrogen) atoms. The van der Waals surface area contributed by atoms with Crippen LogP contribution in [0, 0.1) is 6.92 Å². The number of amides is 1. The number of nitrogens with zero attached hydrogens (tertiary/aromatic N) is 3. The molecule has 3 heterocycles. The summed E-state index contributed by atoms with van der Waals surface area (Å²) in [4.78, 5) is 31.8. The molecule has 144 valence electrons. The second kappa shape index (κ2) is 7.73. The Kier molecular flexibility index (Phi) is 5.15. The molecule has 3 aromatic heterocycles. The summed E-state index contributed by atoms with van der Waals surface area (Å²) in [7, 11) is 0. The van der Waals surface area contributed by atoms with E-state index in [0.29, 0.717) is 18.2 Å². The monoisotopic (exact) mass is 412 g/mol. The molecule has 8 heteroatoms. The number of carbonyl (C=O) groups is 1. The normalized spacial score (nSPS) is 11.2. The summed E-state index contributed by atoms with van der Waals surface area (Å²) in [5.41, 5.74) is 2.54. The van der Waals surface area contributed by atoms with Gasteiger partial charge >= 0.3 is 5.69 Å². The second-order valence-electron chi connectivity index (χ2n) is 6.41. The number of carbonyl (C=O) groups excluding carboxylic acids is 1. The molecule has 6 nitrogen and oxygen atoms in total. The molecule has 0 radical (unpaired) electrons. The van der Waals surface area contributed by atoms with Crippen LogP contribution in [0.25, 0.3) is 21.6 Å². The Hall–Kier alpha value is -2.71. The van der Waals surface area contributed by atoms with E-state index in [0.717, 1.165) is 21.6 Å². The molecule has 1 amide bonds. The lowest BCUT2D eigenvalue weighted by Gasteiger charge is -2.03. The summed E-state index contributed by atoms with van der Waals surface area (Å²) >= 11 is 3.09. The molecule has 0 aliphatic heterocycles. The molecule has 1 N–H and O–H groups in total. The average Bonchev–Trinajstić information content (AvgIpc) is 3.38. The Morgan fingerprint density at radius 1 is 1.14 bits per heavy atom. The van der Waals surface area contributed by atoms with Gasteiger partial charge in [0.25, 0.3) is 0 Å². The van der Waals surface area contributed by atoms with E-state index in [2.05, 4.69) is 23.3 Å². The fraction of sp³-hybridized carbons (Fsp3) is 0.250. The minimum atomic E-state index is -0.150. The smallest absolute Gasteiger partial charge is 0.302 e. The van der Waals surface area contributed by atoms with E-state index >= 15 is 0 Å². The van der Waals surface area contributed by atoms with E-state index in [1.54, 1.807) is 20.5 Å². The largest absolute Gasteiger partial charge is 0.329 e. The van der Waals surface area contributed by atoms with Gasteiger partial charge in [-0.2, -0.15) is 0 Å². The molecular formula is C20H20N4O2S2. The van der Waals surface area contributed by atoms with Gasteiger partial charge in [-0.05, 0) is 38.1 Å². The first-order valence-corrected chi connectivity index (χ1v) is 10.8. The SMILES string of the molecule is CCn1c(=O)n(CCC(=O)Nc2nc(-c3ccc(C)s3)cs2)c2ccccc21. The van der Waals surface area contributed by atoms with Gasteiger partial charge in [0.15, 0.2) is 5.13 Å². The maximum atomic E-state index is 12.6. The third kappa shape index (κ3) is 3.53. The molecule has 0 aliphatic rings. The van der Waals surface area contributed by atoms with E-state index in [1.807, 2.05) is 42.6 Å². The third-order valence-electron chi connectivity index (χ3n) is 4.55. The first-order chi connectivity index (χ1) is 13.6. The zero-order chi connectivity index (χ0) is 19.7. The lowest BCUT2D eigenvalue weighted by Crippen LogP contribution is -2.25. The number of rotatable bonds is 6. The molecule has 0 spiro atoms. The van der Waals surface area contributed by atoms with Crippen LogP contribution in [-0.2, 0) is 17.9 Å². The van der Waals surface area contributed by atoms with Crippen LogP contribution in [0.15, 0.2) is 46.6 Å². The number of hydrogen-bond acceptors (Lipinski definition) is 5. The molecule has 0 saturated heterocycles. The number of thiophene rings is 1. The number of thiazole rings is 1. The fourth-order valence-corrected chi connectivity index (χ4v) is 4.84. The quantitative estimate of drug-likeness (QED) is 0.512. The van der Waals surface area contributed by atoms with E-state index in [9.17, 15) is 9.59 Å². The van der Waals surface area contributed by atoms with Gasteiger partial charge < -0.3 is 5.32 Å². The number of benzene rings is 1. The Bertz CT molecular complexity index is 1200. The summed E-state index contributed by atoms with van der Waals surface area (Å²) in [5, 5.41) is 5.37. The van der Waals surface area contributed by atoms with Crippen molar-refractivity contribution in [1.29, 1.82) is 0 Å². The van der Waals surface area contributed by atoms with Crippen LogP contribution in [0.5, 0.6) is 0 Å². The molecule has 0 aliphatic carbocycles. The highest BCUT2D eigenvalue weighted by Gasteiger charge is 2.14. The van der Waals surface area contributed by atoms with E-state index in [4.69, 9.17) is 0 Å². The molecule has 0 bridgehead atoms. The minimum absolute atomic E-state index is 0.0823. The van der Waals surface area contributed by atoms with Crippen LogP contribution >= 0.6 is 22.7 Å². The number of anilines is 1. The molecular weight excluding hydrogens is 392 g/mol. The lowest BCUT2D eigenvalue weighted by molar-refractivity contribution is -0.116. The van der Waals surface area contributed by atoms with Crippen molar-refractivity contribution in [3.8, 4) is 10.6 Å². The average molecular weight is 413 g/mol. The van der Waals surface area contributed by atoms with Crippen LogP contribution in [0.1, 0.15) is 18.2 Å². The van der Waals surface area contributed by atoms with Crippen LogP contribution in [0.4, 0.5) is 5.13 Å². The van der Waals surface area contributed by atoms with Crippen molar-refractivity contribution in [3.63, 3.8) is 0 Å². The number of fused-ring (bicyclic) bond motifs is 1. The third-order valence-corrected chi connectivity index (χ3v) is 6.33. The number of para-hydroxylation sites is 2. The number of imidazole rings is 1. The Morgan fingerprint density at radius 3 is 2.57 bits per heavy atom. The summed E-state index contributed by atoms with van der Waals surface area (Å²) in [6.07, 6.45) is 0.213. The topological polar surface area (TPSA) is 68.9 Å². The second-order valence-corrected chi connectivity index (χ2v) is 8.56. The van der Waals surface area contributed by atoms with Crippen molar-refractivity contribution < 1.29 is 4.79 Å². The Balaban J connectivity index is 1.46. The summed E-state index contributed by atoms with van der Waals surface area (Å²) in [5.74, 6) is -0.150. The molecule has 0 saturated carbocycles. The summed E-state index contributed by atoms with van der Waals surface area (Å²) in [6.45, 7) is 4.93. The van der Waals surface area contributed by atoms with Crippen molar-refractivity contribution in [2.24, 2.45) is 0 Å². The predicted molar refractivity (Wildman–Crippen MR) is 115 cm³/mol. The van der Waals surface area contributed by atoms with E-state index in [1.165, 1.54) is 16.2 Å². The number of hydrogen-bond donors (Lipinski definition) is 1. The standard InChI is InChI=1S/C20H20N4O2S2/c1-3-23-15-6-4-5-7-16(15)24(20(23)26)11-10-18(25)22-19-21-14(12-27-19)17-9-8-13(2)28-17/h4-9,12H,3,10-11H2,1-2H3,(H,21,22,25). The highest BCUT2D eigenvalue weighted by molar-refractivity contribution is 7.17. The fourth-order valence-electron chi connectivity index (χ4n) is 3.21. The zero-order valence-corrected chi connectivity index (χ0v) is 17.3. The van der Waals surface area contributed by atoms with Gasteiger partial charge in [0.2, 0.25) is 5.91 Å². The van der Waals surface area contributed by atoms with Gasteiger partial charge in [0.05, 0.1) is 21.6 Å². The van der Waals surface area contributed by atoms with E-state index < -0.39 is 0 Å². The van der Waals surface area contributed by atoms with Crippen molar-refractivity contribution in [2.45, 2.75) is 33.4 Å². The highest BCUT2D eigenvalue weighted by atomic mass is 32.1. The van der Waals surface area contributed by atoms with Crippen LogP contribution in [0.3, 0.4) is 0 Å². The highest BCUT2D eigenvalue weighted by Crippen LogP contribution is 2.30. The van der Waals surface area contributed by atoms with E-state index in [-0.39, 0.29) is 18.0 Å². The molecule has 0 atom stereocenters.